The van der Waals surface area contributed by atoms with Crippen LogP contribution in [0.2, 0.25) is 0 Å². The normalized spacial score (nSPS) is 11.4. The van der Waals surface area contributed by atoms with Crippen LogP contribution in [0, 0.1) is 5.92 Å². The van der Waals surface area contributed by atoms with E-state index in [2.05, 4.69) is 49.7 Å². The van der Waals surface area contributed by atoms with Gasteiger partial charge in [0.1, 0.15) is 11.5 Å². The quantitative estimate of drug-likeness (QED) is 0.656. The number of hydrogen-bond donors (Lipinski definition) is 1. The molecule has 0 aromatic carbocycles. The van der Waals surface area contributed by atoms with Crippen molar-refractivity contribution in [1.82, 2.24) is 10.2 Å². The highest BCUT2D eigenvalue weighted by Gasteiger charge is 2.07. The van der Waals surface area contributed by atoms with Gasteiger partial charge in [0.15, 0.2) is 0 Å². The molecule has 0 amide bonds. The molecule has 0 saturated heterocycles. The molecule has 1 aromatic heterocycles. The monoisotopic (exact) mass is 264 g/mol. The van der Waals surface area contributed by atoms with Crippen molar-refractivity contribution in [3.05, 3.63) is 36.3 Å². The fraction of sp³-hybridized carbons (Fsp3) is 0.625. The lowest BCUT2D eigenvalue weighted by atomic mass is 10.2. The molecule has 0 unspecified atom stereocenters. The van der Waals surface area contributed by atoms with Crippen LogP contribution < -0.4 is 5.32 Å². The lowest BCUT2D eigenvalue weighted by Crippen LogP contribution is -2.23. The van der Waals surface area contributed by atoms with Crippen molar-refractivity contribution in [3.8, 4) is 0 Å². The molecule has 108 valence electrons. The molecule has 0 aliphatic carbocycles. The fourth-order valence-corrected chi connectivity index (χ4v) is 2.04. The van der Waals surface area contributed by atoms with Crippen LogP contribution in [0.25, 0.3) is 0 Å². The van der Waals surface area contributed by atoms with Crippen molar-refractivity contribution in [1.29, 1.82) is 0 Å². The van der Waals surface area contributed by atoms with Gasteiger partial charge in [0.25, 0.3) is 0 Å². The molecule has 0 spiro atoms. The summed E-state index contributed by atoms with van der Waals surface area (Å²) in [6.07, 6.45) is 3.10. The number of nitrogens with one attached hydrogen (secondary N) is 1. The van der Waals surface area contributed by atoms with Crippen LogP contribution in [-0.2, 0) is 13.1 Å². The summed E-state index contributed by atoms with van der Waals surface area (Å²) in [5.74, 6) is 2.73. The summed E-state index contributed by atoms with van der Waals surface area (Å²) in [4.78, 5) is 2.34. The van der Waals surface area contributed by atoms with Gasteiger partial charge in [0.05, 0.1) is 13.1 Å². The third kappa shape index (κ3) is 6.60. The minimum absolute atomic E-state index is 0.669. The van der Waals surface area contributed by atoms with Crippen LogP contribution in [0.1, 0.15) is 38.7 Å². The molecule has 1 aromatic rings. The molecule has 3 nitrogen and oxygen atoms in total. The number of nitrogens with zero attached hydrogens (tertiary/aromatic N) is 1. The van der Waals surface area contributed by atoms with Gasteiger partial charge in [-0.05, 0) is 37.6 Å². The first-order chi connectivity index (χ1) is 9.15. The van der Waals surface area contributed by atoms with E-state index in [0.29, 0.717) is 5.92 Å². The summed E-state index contributed by atoms with van der Waals surface area (Å²) in [5.41, 5.74) is 0. The summed E-state index contributed by atoms with van der Waals surface area (Å²) >= 11 is 0. The van der Waals surface area contributed by atoms with Crippen molar-refractivity contribution in [2.45, 2.75) is 40.3 Å². The molecule has 1 heterocycles. The zero-order chi connectivity index (χ0) is 14.1. The van der Waals surface area contributed by atoms with Crippen LogP contribution >= 0.6 is 0 Å². The van der Waals surface area contributed by atoms with Crippen LogP contribution in [0.15, 0.2) is 29.2 Å². The second kappa shape index (κ2) is 8.94. The Morgan fingerprint density at radius 3 is 2.74 bits per heavy atom. The molecule has 0 saturated carbocycles. The number of furan rings is 1. The molecule has 1 rings (SSSR count). The SMILES string of the molecule is C=CCN(CCC)Cc1ccc(CNCC(C)C)o1. The molecule has 0 bridgehead atoms. The second-order valence-corrected chi connectivity index (χ2v) is 5.42. The Bertz CT molecular complexity index is 357. The van der Waals surface area contributed by atoms with Crippen molar-refractivity contribution >= 4 is 0 Å². The Kier molecular flexibility index (Phi) is 7.53. The summed E-state index contributed by atoms with van der Waals surface area (Å²) in [5, 5.41) is 3.39. The molecule has 0 atom stereocenters. The third-order valence-electron chi connectivity index (χ3n) is 2.88. The van der Waals surface area contributed by atoms with E-state index in [1.54, 1.807) is 0 Å². The second-order valence-electron chi connectivity index (χ2n) is 5.42. The van der Waals surface area contributed by atoms with Crippen LogP contribution in [0.3, 0.4) is 0 Å². The number of rotatable bonds is 10. The van der Waals surface area contributed by atoms with E-state index in [1.807, 2.05) is 6.08 Å². The first kappa shape index (κ1) is 16.0. The van der Waals surface area contributed by atoms with E-state index in [1.165, 1.54) is 0 Å². The average molecular weight is 264 g/mol. The van der Waals surface area contributed by atoms with Gasteiger partial charge in [-0.15, -0.1) is 6.58 Å². The standard InChI is InChI=1S/C16H28N2O/c1-5-9-18(10-6-2)13-16-8-7-15(19-16)12-17-11-14(3)4/h5,7-8,14,17H,1,6,9-13H2,2-4H3. The Labute approximate surface area is 117 Å². The highest BCUT2D eigenvalue weighted by atomic mass is 16.3. The summed E-state index contributed by atoms with van der Waals surface area (Å²) in [7, 11) is 0. The van der Waals surface area contributed by atoms with E-state index in [-0.39, 0.29) is 0 Å². The maximum atomic E-state index is 5.85. The molecule has 0 radical (unpaired) electrons. The van der Waals surface area contributed by atoms with E-state index in [9.17, 15) is 0 Å². The maximum absolute atomic E-state index is 5.85. The fourth-order valence-electron chi connectivity index (χ4n) is 2.04. The Balaban J connectivity index is 2.41. The van der Waals surface area contributed by atoms with Crippen molar-refractivity contribution in [2.24, 2.45) is 5.92 Å². The highest BCUT2D eigenvalue weighted by molar-refractivity contribution is 5.07. The van der Waals surface area contributed by atoms with Crippen LogP contribution in [0.4, 0.5) is 0 Å². The van der Waals surface area contributed by atoms with Gasteiger partial charge in [-0.25, -0.2) is 0 Å². The first-order valence-electron chi connectivity index (χ1n) is 7.27. The van der Waals surface area contributed by atoms with Gasteiger partial charge in [-0.3, -0.25) is 4.90 Å². The van der Waals surface area contributed by atoms with Gasteiger partial charge in [0, 0.05) is 6.54 Å². The molecule has 0 fully saturated rings. The summed E-state index contributed by atoms with van der Waals surface area (Å²) in [6.45, 7) is 15.1. The minimum atomic E-state index is 0.669. The van der Waals surface area contributed by atoms with Gasteiger partial charge >= 0.3 is 0 Å². The van der Waals surface area contributed by atoms with Crippen molar-refractivity contribution in [2.75, 3.05) is 19.6 Å². The Morgan fingerprint density at radius 1 is 1.37 bits per heavy atom. The molecule has 1 N–H and O–H groups in total. The predicted octanol–water partition coefficient (Wildman–Crippen LogP) is 3.42. The molecule has 0 aliphatic heterocycles. The minimum Gasteiger partial charge on any atom is -0.463 e. The topological polar surface area (TPSA) is 28.4 Å². The zero-order valence-corrected chi connectivity index (χ0v) is 12.6. The van der Waals surface area contributed by atoms with E-state index in [0.717, 1.165) is 50.7 Å². The highest BCUT2D eigenvalue weighted by Crippen LogP contribution is 2.11. The van der Waals surface area contributed by atoms with Gasteiger partial charge in [-0.2, -0.15) is 0 Å². The number of hydrogen-bond acceptors (Lipinski definition) is 3. The van der Waals surface area contributed by atoms with E-state index in [4.69, 9.17) is 4.42 Å². The Hall–Kier alpha value is -1.06. The summed E-state index contributed by atoms with van der Waals surface area (Å²) in [6, 6.07) is 4.15. The molecular weight excluding hydrogens is 236 g/mol. The lowest BCUT2D eigenvalue weighted by molar-refractivity contribution is 0.264. The summed E-state index contributed by atoms with van der Waals surface area (Å²) < 4.78 is 5.85. The smallest absolute Gasteiger partial charge is 0.118 e. The van der Waals surface area contributed by atoms with E-state index >= 15 is 0 Å². The molecule has 19 heavy (non-hydrogen) atoms. The van der Waals surface area contributed by atoms with Crippen molar-refractivity contribution in [3.63, 3.8) is 0 Å². The van der Waals surface area contributed by atoms with Crippen LogP contribution in [0.5, 0.6) is 0 Å². The maximum Gasteiger partial charge on any atom is 0.118 e. The van der Waals surface area contributed by atoms with Crippen LogP contribution in [-0.4, -0.2) is 24.5 Å². The largest absolute Gasteiger partial charge is 0.463 e. The first-order valence-corrected chi connectivity index (χ1v) is 7.27. The van der Waals surface area contributed by atoms with Crippen molar-refractivity contribution < 1.29 is 4.42 Å². The predicted molar refractivity (Wildman–Crippen MR) is 81.0 cm³/mol. The zero-order valence-electron chi connectivity index (χ0n) is 12.6. The molecule has 3 heteroatoms. The third-order valence-corrected chi connectivity index (χ3v) is 2.88. The van der Waals surface area contributed by atoms with E-state index < -0.39 is 0 Å². The van der Waals surface area contributed by atoms with Gasteiger partial charge in [-0.1, -0.05) is 26.8 Å². The lowest BCUT2D eigenvalue weighted by Gasteiger charge is -2.18. The average Bonchev–Trinajstić information content (AvgIpc) is 2.77. The Morgan fingerprint density at radius 2 is 2.11 bits per heavy atom. The van der Waals surface area contributed by atoms with Gasteiger partial charge in [0.2, 0.25) is 0 Å². The van der Waals surface area contributed by atoms with Gasteiger partial charge < -0.3 is 9.73 Å². The molecular formula is C16H28N2O. The molecule has 0 aliphatic rings.